The van der Waals surface area contributed by atoms with Gasteiger partial charge in [0.25, 0.3) is 5.56 Å². The summed E-state index contributed by atoms with van der Waals surface area (Å²) in [5.74, 6) is 0.401. The van der Waals surface area contributed by atoms with Crippen LogP contribution in [-0.2, 0) is 6.54 Å². The van der Waals surface area contributed by atoms with Gasteiger partial charge in [0.05, 0.1) is 11.9 Å². The Balaban J connectivity index is 2.24. The first-order valence-electron chi connectivity index (χ1n) is 6.80. The lowest BCUT2D eigenvalue weighted by atomic mass is 10.1. The molecule has 0 aromatic carbocycles. The Bertz CT molecular complexity index is 492. The molecule has 0 radical (unpaired) electrons. The number of unbranched alkanes of at least 4 members (excludes halogenated alkanes) is 1. The molecule has 106 valence electrons. The number of nitrogens with zero attached hydrogens (tertiary/aromatic N) is 3. The van der Waals surface area contributed by atoms with Crippen molar-refractivity contribution in [2.75, 3.05) is 18.0 Å². The summed E-state index contributed by atoms with van der Waals surface area (Å²) in [6.45, 7) is 6.34. The van der Waals surface area contributed by atoms with Crippen molar-refractivity contribution in [1.82, 2.24) is 9.78 Å². The van der Waals surface area contributed by atoms with Crippen LogP contribution >= 0.6 is 11.6 Å². The van der Waals surface area contributed by atoms with Gasteiger partial charge in [-0.2, -0.15) is 5.10 Å². The smallest absolute Gasteiger partial charge is 0.287 e. The normalized spacial score (nSPS) is 23.1. The number of hydrogen-bond donors (Lipinski definition) is 1. The van der Waals surface area contributed by atoms with Gasteiger partial charge in [0.15, 0.2) is 0 Å². The first-order chi connectivity index (χ1) is 9.04. The van der Waals surface area contributed by atoms with Crippen LogP contribution in [0.15, 0.2) is 11.0 Å². The third kappa shape index (κ3) is 2.92. The summed E-state index contributed by atoms with van der Waals surface area (Å²) in [5, 5.41) is 4.47. The Kier molecular flexibility index (Phi) is 4.47. The molecule has 0 bridgehead atoms. The van der Waals surface area contributed by atoms with Gasteiger partial charge in [-0.3, -0.25) is 4.79 Å². The van der Waals surface area contributed by atoms with Crippen LogP contribution in [0.5, 0.6) is 0 Å². The van der Waals surface area contributed by atoms with E-state index in [1.165, 1.54) is 4.68 Å². The zero-order chi connectivity index (χ0) is 14.0. The van der Waals surface area contributed by atoms with E-state index >= 15 is 0 Å². The van der Waals surface area contributed by atoms with E-state index in [-0.39, 0.29) is 16.6 Å². The fourth-order valence-corrected chi connectivity index (χ4v) is 2.60. The van der Waals surface area contributed by atoms with Gasteiger partial charge in [-0.1, -0.05) is 31.9 Å². The van der Waals surface area contributed by atoms with Crippen molar-refractivity contribution in [3.63, 3.8) is 0 Å². The minimum Gasteiger partial charge on any atom is -0.367 e. The number of nitrogens with two attached hydrogens (primary N) is 1. The largest absolute Gasteiger partial charge is 0.367 e. The van der Waals surface area contributed by atoms with E-state index in [4.69, 9.17) is 17.3 Å². The van der Waals surface area contributed by atoms with Gasteiger partial charge < -0.3 is 10.6 Å². The number of anilines is 1. The molecule has 0 spiro atoms. The highest BCUT2D eigenvalue weighted by Crippen LogP contribution is 2.26. The first kappa shape index (κ1) is 14.3. The van der Waals surface area contributed by atoms with E-state index in [9.17, 15) is 4.79 Å². The van der Waals surface area contributed by atoms with Crippen LogP contribution in [0.4, 0.5) is 5.69 Å². The van der Waals surface area contributed by atoms with Gasteiger partial charge in [-0.25, -0.2) is 4.68 Å². The van der Waals surface area contributed by atoms with Crippen molar-refractivity contribution in [1.29, 1.82) is 0 Å². The Labute approximate surface area is 118 Å². The van der Waals surface area contributed by atoms with Crippen molar-refractivity contribution < 1.29 is 0 Å². The number of aryl methyl sites for hydroxylation is 1. The predicted octanol–water partition coefficient (Wildman–Crippen LogP) is 1.48. The number of hydrogen-bond acceptors (Lipinski definition) is 4. The van der Waals surface area contributed by atoms with Crippen molar-refractivity contribution >= 4 is 17.3 Å². The molecular weight excluding hydrogens is 264 g/mol. The molecule has 2 N–H and O–H groups in total. The van der Waals surface area contributed by atoms with E-state index in [0.29, 0.717) is 18.2 Å². The van der Waals surface area contributed by atoms with Crippen LogP contribution in [0.2, 0.25) is 5.02 Å². The van der Waals surface area contributed by atoms with Crippen LogP contribution in [0.1, 0.15) is 26.7 Å². The zero-order valence-electron chi connectivity index (χ0n) is 11.5. The highest BCUT2D eigenvalue weighted by atomic mass is 35.5. The molecule has 1 saturated heterocycles. The third-order valence-electron chi connectivity index (χ3n) is 3.70. The van der Waals surface area contributed by atoms with Crippen molar-refractivity contribution in [3.8, 4) is 0 Å². The average Bonchev–Trinajstić information content (AvgIpc) is 2.71. The zero-order valence-corrected chi connectivity index (χ0v) is 12.2. The Morgan fingerprint density at radius 1 is 1.53 bits per heavy atom. The SMILES string of the molecule is CCCCn1ncc(N2CC(C)C(N)C2)c(Cl)c1=O. The van der Waals surface area contributed by atoms with E-state index in [0.717, 1.165) is 25.9 Å². The Morgan fingerprint density at radius 3 is 2.84 bits per heavy atom. The molecule has 1 aromatic heterocycles. The van der Waals surface area contributed by atoms with Crippen LogP contribution in [0.3, 0.4) is 0 Å². The maximum atomic E-state index is 12.1. The molecule has 2 heterocycles. The second-order valence-electron chi connectivity index (χ2n) is 5.27. The van der Waals surface area contributed by atoms with Crippen molar-refractivity contribution in [2.45, 2.75) is 39.3 Å². The lowest BCUT2D eigenvalue weighted by Gasteiger charge is -2.19. The summed E-state index contributed by atoms with van der Waals surface area (Å²) >= 11 is 6.20. The van der Waals surface area contributed by atoms with Crippen molar-refractivity contribution in [2.24, 2.45) is 11.7 Å². The summed E-state index contributed by atoms with van der Waals surface area (Å²) in [6.07, 6.45) is 3.63. The minimum absolute atomic E-state index is 0.124. The van der Waals surface area contributed by atoms with Gasteiger partial charge in [0, 0.05) is 25.7 Å². The molecule has 0 aliphatic carbocycles. The first-order valence-corrected chi connectivity index (χ1v) is 7.18. The van der Waals surface area contributed by atoms with Crippen molar-refractivity contribution in [3.05, 3.63) is 21.6 Å². The lowest BCUT2D eigenvalue weighted by molar-refractivity contribution is 0.542. The molecule has 2 atom stereocenters. The van der Waals surface area contributed by atoms with Gasteiger partial charge >= 0.3 is 0 Å². The molecule has 2 rings (SSSR count). The molecular formula is C13H21ClN4O. The maximum absolute atomic E-state index is 12.1. The number of aromatic nitrogens is 2. The minimum atomic E-state index is -0.208. The van der Waals surface area contributed by atoms with Crippen LogP contribution in [0, 0.1) is 5.92 Å². The van der Waals surface area contributed by atoms with Crippen LogP contribution in [0.25, 0.3) is 0 Å². The molecule has 0 amide bonds. The molecule has 5 nitrogen and oxygen atoms in total. The van der Waals surface area contributed by atoms with E-state index in [2.05, 4.69) is 23.8 Å². The quantitative estimate of drug-likeness (QED) is 0.910. The van der Waals surface area contributed by atoms with E-state index in [1.54, 1.807) is 6.20 Å². The summed E-state index contributed by atoms with van der Waals surface area (Å²) in [6, 6.07) is 0.124. The molecule has 1 aliphatic rings. The highest BCUT2D eigenvalue weighted by molar-refractivity contribution is 6.33. The summed E-state index contributed by atoms with van der Waals surface area (Å²) in [5.41, 5.74) is 6.50. The monoisotopic (exact) mass is 284 g/mol. The molecule has 1 fully saturated rings. The van der Waals surface area contributed by atoms with Gasteiger partial charge in [-0.15, -0.1) is 0 Å². The van der Waals surface area contributed by atoms with Crippen LogP contribution < -0.4 is 16.2 Å². The van der Waals surface area contributed by atoms with Crippen LogP contribution in [-0.4, -0.2) is 28.9 Å². The lowest BCUT2D eigenvalue weighted by Crippen LogP contribution is -2.30. The molecule has 6 heteroatoms. The summed E-state index contributed by atoms with van der Waals surface area (Å²) in [7, 11) is 0. The summed E-state index contributed by atoms with van der Waals surface area (Å²) in [4.78, 5) is 14.2. The summed E-state index contributed by atoms with van der Waals surface area (Å²) < 4.78 is 1.44. The molecule has 0 saturated carbocycles. The molecule has 1 aromatic rings. The van der Waals surface area contributed by atoms with Gasteiger partial charge in [0.1, 0.15) is 5.02 Å². The topological polar surface area (TPSA) is 64.2 Å². The molecule has 1 aliphatic heterocycles. The van der Waals surface area contributed by atoms with Gasteiger partial charge in [0.2, 0.25) is 0 Å². The third-order valence-corrected chi connectivity index (χ3v) is 4.06. The Hall–Kier alpha value is -1.07. The number of rotatable bonds is 4. The predicted molar refractivity (Wildman–Crippen MR) is 77.8 cm³/mol. The second kappa shape index (κ2) is 5.92. The second-order valence-corrected chi connectivity index (χ2v) is 5.65. The number of halogens is 1. The average molecular weight is 285 g/mol. The van der Waals surface area contributed by atoms with E-state index < -0.39 is 0 Å². The fraction of sp³-hybridized carbons (Fsp3) is 0.692. The fourth-order valence-electron chi connectivity index (χ4n) is 2.33. The molecule has 19 heavy (non-hydrogen) atoms. The highest BCUT2D eigenvalue weighted by Gasteiger charge is 2.28. The maximum Gasteiger partial charge on any atom is 0.287 e. The molecule has 2 unspecified atom stereocenters. The van der Waals surface area contributed by atoms with Gasteiger partial charge in [-0.05, 0) is 12.3 Å². The van der Waals surface area contributed by atoms with E-state index in [1.807, 2.05) is 0 Å². The standard InChI is InChI=1S/C13H21ClN4O/c1-3-4-5-18-13(19)12(14)11(6-16-18)17-7-9(2)10(15)8-17/h6,9-10H,3-5,7-8,15H2,1-2H3. The Morgan fingerprint density at radius 2 is 2.26 bits per heavy atom.